The van der Waals surface area contributed by atoms with Crippen LogP contribution in [0.25, 0.3) is 0 Å². The first-order chi connectivity index (χ1) is 8.54. The quantitative estimate of drug-likeness (QED) is 0.818. The predicted molar refractivity (Wildman–Crippen MR) is 68.0 cm³/mol. The summed E-state index contributed by atoms with van der Waals surface area (Å²) in [6.07, 6.45) is -1.98. The minimum Gasteiger partial charge on any atom is -0.493 e. The fraction of sp³-hybridized carbons (Fsp3) is 0.538. The SMILES string of the molecule is CNCC(O)c1cc(OC)c(OC)cc1C(C)F. The Morgan fingerprint density at radius 2 is 1.72 bits per heavy atom. The monoisotopic (exact) mass is 257 g/mol. The number of halogens is 1. The van der Waals surface area contributed by atoms with Crippen LogP contribution in [-0.4, -0.2) is 32.9 Å². The number of likely N-dealkylation sites (N-methyl/N-ethyl adjacent to an activating group) is 1. The molecule has 2 N–H and O–H groups in total. The van der Waals surface area contributed by atoms with Crippen molar-refractivity contribution in [3.05, 3.63) is 23.3 Å². The molecular formula is C13H20FNO3. The van der Waals surface area contributed by atoms with Crippen LogP contribution in [0.3, 0.4) is 0 Å². The van der Waals surface area contributed by atoms with Gasteiger partial charge in [-0.1, -0.05) is 0 Å². The van der Waals surface area contributed by atoms with Crippen LogP contribution in [0.2, 0.25) is 0 Å². The van der Waals surface area contributed by atoms with E-state index in [4.69, 9.17) is 9.47 Å². The average Bonchev–Trinajstić information content (AvgIpc) is 2.37. The highest BCUT2D eigenvalue weighted by atomic mass is 19.1. The molecule has 102 valence electrons. The smallest absolute Gasteiger partial charge is 0.161 e. The topological polar surface area (TPSA) is 50.7 Å². The molecule has 0 saturated carbocycles. The number of aliphatic hydroxyl groups excluding tert-OH is 1. The zero-order valence-electron chi connectivity index (χ0n) is 11.2. The molecule has 0 aliphatic heterocycles. The largest absolute Gasteiger partial charge is 0.493 e. The lowest BCUT2D eigenvalue weighted by atomic mass is 9.98. The van der Waals surface area contributed by atoms with Crippen molar-refractivity contribution in [1.29, 1.82) is 0 Å². The summed E-state index contributed by atoms with van der Waals surface area (Å²) >= 11 is 0. The van der Waals surface area contributed by atoms with Gasteiger partial charge in [-0.2, -0.15) is 0 Å². The lowest BCUT2D eigenvalue weighted by molar-refractivity contribution is 0.173. The van der Waals surface area contributed by atoms with Gasteiger partial charge in [-0.15, -0.1) is 0 Å². The minimum atomic E-state index is -1.19. The van der Waals surface area contributed by atoms with Crippen molar-refractivity contribution in [2.45, 2.75) is 19.2 Å². The Labute approximate surface area is 107 Å². The van der Waals surface area contributed by atoms with Crippen LogP contribution in [0.15, 0.2) is 12.1 Å². The van der Waals surface area contributed by atoms with Crippen molar-refractivity contribution in [2.75, 3.05) is 27.8 Å². The molecule has 0 aliphatic rings. The molecule has 1 aromatic rings. The van der Waals surface area contributed by atoms with Crippen LogP contribution in [0.4, 0.5) is 4.39 Å². The summed E-state index contributed by atoms with van der Waals surface area (Å²) in [5.41, 5.74) is 0.924. The van der Waals surface area contributed by atoms with Gasteiger partial charge in [0.15, 0.2) is 11.5 Å². The fourth-order valence-corrected chi connectivity index (χ4v) is 1.85. The first-order valence-corrected chi connectivity index (χ1v) is 5.77. The summed E-state index contributed by atoms with van der Waals surface area (Å²) in [4.78, 5) is 0. The normalized spacial score (nSPS) is 14.1. The third-order valence-corrected chi connectivity index (χ3v) is 2.77. The van der Waals surface area contributed by atoms with Crippen LogP contribution in [-0.2, 0) is 0 Å². The Morgan fingerprint density at radius 1 is 1.22 bits per heavy atom. The van der Waals surface area contributed by atoms with E-state index in [1.54, 1.807) is 19.2 Å². The molecule has 0 saturated heterocycles. The number of hydrogen-bond donors (Lipinski definition) is 2. The van der Waals surface area contributed by atoms with Crippen molar-refractivity contribution >= 4 is 0 Å². The average molecular weight is 257 g/mol. The summed E-state index contributed by atoms with van der Waals surface area (Å²) in [7, 11) is 4.72. The molecule has 0 heterocycles. The number of rotatable bonds is 6. The maximum absolute atomic E-state index is 13.6. The Hall–Kier alpha value is -1.33. The second kappa shape index (κ2) is 6.56. The third-order valence-electron chi connectivity index (χ3n) is 2.77. The number of ether oxygens (including phenoxy) is 2. The van der Waals surface area contributed by atoms with E-state index in [0.717, 1.165) is 0 Å². The van der Waals surface area contributed by atoms with E-state index in [0.29, 0.717) is 29.2 Å². The molecule has 0 fully saturated rings. The Balaban J connectivity index is 3.28. The Kier molecular flexibility index (Phi) is 5.37. The number of hydrogen-bond acceptors (Lipinski definition) is 4. The van der Waals surface area contributed by atoms with Gasteiger partial charge < -0.3 is 19.9 Å². The zero-order valence-corrected chi connectivity index (χ0v) is 11.2. The van der Waals surface area contributed by atoms with E-state index in [2.05, 4.69) is 5.32 Å². The summed E-state index contributed by atoms with van der Waals surface area (Å²) in [6, 6.07) is 3.18. The third kappa shape index (κ3) is 3.11. The first-order valence-electron chi connectivity index (χ1n) is 5.77. The highest BCUT2D eigenvalue weighted by molar-refractivity contribution is 5.49. The highest BCUT2D eigenvalue weighted by Gasteiger charge is 2.20. The van der Waals surface area contributed by atoms with Gasteiger partial charge in [0.05, 0.1) is 20.3 Å². The summed E-state index contributed by atoms with van der Waals surface area (Å²) in [6.45, 7) is 1.77. The number of methoxy groups -OCH3 is 2. The second-order valence-electron chi connectivity index (χ2n) is 4.03. The second-order valence-corrected chi connectivity index (χ2v) is 4.03. The van der Waals surface area contributed by atoms with Gasteiger partial charge in [0, 0.05) is 6.54 Å². The molecule has 2 unspecified atom stereocenters. The van der Waals surface area contributed by atoms with Gasteiger partial charge in [0.25, 0.3) is 0 Å². The molecule has 0 amide bonds. The molecule has 0 radical (unpaired) electrons. The van der Waals surface area contributed by atoms with E-state index < -0.39 is 12.3 Å². The van der Waals surface area contributed by atoms with E-state index in [1.165, 1.54) is 21.1 Å². The maximum Gasteiger partial charge on any atom is 0.161 e. The molecule has 0 bridgehead atoms. The van der Waals surface area contributed by atoms with Crippen molar-refractivity contribution in [3.63, 3.8) is 0 Å². The molecule has 2 atom stereocenters. The van der Waals surface area contributed by atoms with Gasteiger partial charge in [-0.3, -0.25) is 0 Å². The van der Waals surface area contributed by atoms with Crippen molar-refractivity contribution in [1.82, 2.24) is 5.32 Å². The van der Waals surface area contributed by atoms with Crippen molar-refractivity contribution < 1.29 is 19.0 Å². The van der Waals surface area contributed by atoms with Gasteiger partial charge in [0.1, 0.15) is 6.17 Å². The van der Waals surface area contributed by atoms with Gasteiger partial charge in [-0.25, -0.2) is 4.39 Å². The number of aliphatic hydroxyl groups is 1. The van der Waals surface area contributed by atoms with E-state index in [9.17, 15) is 9.50 Å². The summed E-state index contributed by atoms with van der Waals surface area (Å²) in [5.74, 6) is 0.935. The lowest BCUT2D eigenvalue weighted by Crippen LogP contribution is -2.18. The maximum atomic E-state index is 13.6. The van der Waals surface area contributed by atoms with E-state index >= 15 is 0 Å². The van der Waals surface area contributed by atoms with Gasteiger partial charge in [-0.05, 0) is 37.2 Å². The minimum absolute atomic E-state index is 0.342. The number of nitrogens with one attached hydrogen (secondary N) is 1. The molecule has 18 heavy (non-hydrogen) atoms. The molecule has 0 aromatic heterocycles. The van der Waals surface area contributed by atoms with Crippen LogP contribution in [0.1, 0.15) is 30.3 Å². The fourth-order valence-electron chi connectivity index (χ4n) is 1.85. The molecule has 0 aliphatic carbocycles. The van der Waals surface area contributed by atoms with E-state index in [-0.39, 0.29) is 0 Å². The first kappa shape index (κ1) is 14.7. The summed E-state index contributed by atoms with van der Waals surface area (Å²) in [5, 5.41) is 12.9. The summed E-state index contributed by atoms with van der Waals surface area (Å²) < 4.78 is 23.9. The van der Waals surface area contributed by atoms with Gasteiger partial charge >= 0.3 is 0 Å². The van der Waals surface area contributed by atoms with Crippen LogP contribution >= 0.6 is 0 Å². The standard InChI is InChI=1S/C13H20FNO3/c1-8(14)9-5-12(17-3)13(18-4)6-10(9)11(16)7-15-2/h5-6,8,11,15-16H,7H2,1-4H3. The van der Waals surface area contributed by atoms with Crippen molar-refractivity contribution in [3.8, 4) is 11.5 Å². The van der Waals surface area contributed by atoms with Crippen LogP contribution in [0.5, 0.6) is 11.5 Å². The predicted octanol–water partition coefficient (Wildman–Crippen LogP) is 1.99. The molecule has 1 rings (SSSR count). The van der Waals surface area contributed by atoms with E-state index in [1.807, 2.05) is 0 Å². The van der Waals surface area contributed by atoms with Gasteiger partial charge in [0.2, 0.25) is 0 Å². The molecule has 4 nitrogen and oxygen atoms in total. The zero-order chi connectivity index (χ0) is 13.7. The van der Waals surface area contributed by atoms with Crippen LogP contribution < -0.4 is 14.8 Å². The number of benzene rings is 1. The molecular weight excluding hydrogens is 237 g/mol. The number of alkyl halides is 1. The van der Waals surface area contributed by atoms with Crippen LogP contribution in [0, 0.1) is 0 Å². The molecule has 5 heteroatoms. The lowest BCUT2D eigenvalue weighted by Gasteiger charge is -2.19. The molecule has 1 aromatic carbocycles. The Bertz CT molecular complexity index is 396. The highest BCUT2D eigenvalue weighted by Crippen LogP contribution is 2.36. The van der Waals surface area contributed by atoms with Crippen molar-refractivity contribution in [2.24, 2.45) is 0 Å². The molecule has 0 spiro atoms. The Morgan fingerprint density at radius 3 is 2.11 bits per heavy atom.